The SMILES string of the molecule is Cc1ccc(C(OC(c2ccc(C)cc2)C(C)C)C(C)C)cc1. The number of aryl methyl sites for hydroxylation is 2. The van der Waals surface area contributed by atoms with Crippen molar-refractivity contribution >= 4 is 0 Å². The highest BCUT2D eigenvalue weighted by molar-refractivity contribution is 5.26. The van der Waals surface area contributed by atoms with Crippen LogP contribution >= 0.6 is 0 Å². The zero-order chi connectivity index (χ0) is 17.0. The van der Waals surface area contributed by atoms with Gasteiger partial charge in [0, 0.05) is 0 Å². The Balaban J connectivity index is 2.28. The summed E-state index contributed by atoms with van der Waals surface area (Å²) in [5.74, 6) is 0.869. The van der Waals surface area contributed by atoms with Crippen molar-refractivity contribution in [1.29, 1.82) is 0 Å². The number of hydrogen-bond donors (Lipinski definition) is 0. The molecule has 2 rings (SSSR count). The van der Waals surface area contributed by atoms with Gasteiger partial charge in [-0.2, -0.15) is 0 Å². The molecule has 124 valence electrons. The number of benzene rings is 2. The number of rotatable bonds is 6. The van der Waals surface area contributed by atoms with E-state index in [9.17, 15) is 0 Å². The first-order chi connectivity index (χ1) is 10.9. The molecular weight excluding hydrogens is 280 g/mol. The van der Waals surface area contributed by atoms with Gasteiger partial charge in [0.2, 0.25) is 0 Å². The van der Waals surface area contributed by atoms with Gasteiger partial charge >= 0.3 is 0 Å². The van der Waals surface area contributed by atoms with Gasteiger partial charge in [-0.3, -0.25) is 0 Å². The summed E-state index contributed by atoms with van der Waals surface area (Å²) in [5.41, 5.74) is 5.11. The Morgan fingerprint density at radius 1 is 0.565 bits per heavy atom. The fraction of sp³-hybridized carbons (Fsp3) is 0.455. The maximum Gasteiger partial charge on any atom is 0.0856 e. The number of ether oxygens (including phenoxy) is 1. The monoisotopic (exact) mass is 310 g/mol. The van der Waals surface area contributed by atoms with E-state index in [1.54, 1.807) is 0 Å². The summed E-state index contributed by atoms with van der Waals surface area (Å²) >= 11 is 0. The second-order valence-corrected chi connectivity index (χ2v) is 7.29. The molecule has 2 aromatic rings. The van der Waals surface area contributed by atoms with E-state index in [2.05, 4.69) is 90.1 Å². The lowest BCUT2D eigenvalue weighted by Crippen LogP contribution is -2.19. The lowest BCUT2D eigenvalue weighted by atomic mass is 9.94. The molecule has 0 bridgehead atoms. The summed E-state index contributed by atoms with van der Waals surface area (Å²) in [5, 5.41) is 0. The molecule has 23 heavy (non-hydrogen) atoms. The van der Waals surface area contributed by atoms with Gasteiger partial charge in [-0.05, 0) is 36.8 Å². The van der Waals surface area contributed by atoms with Crippen molar-refractivity contribution in [1.82, 2.24) is 0 Å². The van der Waals surface area contributed by atoms with E-state index in [1.165, 1.54) is 22.3 Å². The molecule has 0 aliphatic rings. The van der Waals surface area contributed by atoms with Gasteiger partial charge in [0.25, 0.3) is 0 Å². The molecule has 0 fully saturated rings. The first-order valence-electron chi connectivity index (χ1n) is 8.67. The van der Waals surface area contributed by atoms with Crippen molar-refractivity contribution in [3.8, 4) is 0 Å². The highest BCUT2D eigenvalue weighted by atomic mass is 16.5. The van der Waals surface area contributed by atoms with E-state index < -0.39 is 0 Å². The predicted molar refractivity (Wildman–Crippen MR) is 98.6 cm³/mol. The van der Waals surface area contributed by atoms with E-state index in [-0.39, 0.29) is 12.2 Å². The summed E-state index contributed by atoms with van der Waals surface area (Å²) in [7, 11) is 0. The van der Waals surface area contributed by atoms with E-state index in [0.717, 1.165) is 0 Å². The molecule has 0 spiro atoms. The molecule has 2 aromatic carbocycles. The first-order valence-corrected chi connectivity index (χ1v) is 8.67. The quantitative estimate of drug-likeness (QED) is 0.598. The predicted octanol–water partition coefficient (Wildman–Crippen LogP) is 6.41. The van der Waals surface area contributed by atoms with Crippen molar-refractivity contribution < 1.29 is 4.74 Å². The van der Waals surface area contributed by atoms with Gasteiger partial charge in [0.15, 0.2) is 0 Å². The Kier molecular flexibility index (Phi) is 6.01. The molecule has 0 radical (unpaired) electrons. The Morgan fingerprint density at radius 3 is 1.13 bits per heavy atom. The van der Waals surface area contributed by atoms with Crippen LogP contribution in [0.3, 0.4) is 0 Å². The van der Waals surface area contributed by atoms with E-state index in [4.69, 9.17) is 4.74 Å². The molecule has 1 heteroatoms. The zero-order valence-corrected chi connectivity index (χ0v) is 15.3. The molecule has 2 unspecified atom stereocenters. The summed E-state index contributed by atoms with van der Waals surface area (Å²) in [4.78, 5) is 0. The summed E-state index contributed by atoms with van der Waals surface area (Å²) in [6, 6.07) is 17.5. The average molecular weight is 310 g/mol. The van der Waals surface area contributed by atoms with Gasteiger partial charge in [-0.1, -0.05) is 87.4 Å². The summed E-state index contributed by atoms with van der Waals surface area (Å²) in [6.07, 6.45) is 0.230. The third kappa shape index (κ3) is 4.68. The fourth-order valence-electron chi connectivity index (χ4n) is 2.91. The standard InChI is InChI=1S/C22H30O/c1-15(2)21(19-11-7-17(5)8-12-19)23-22(16(3)4)20-13-9-18(6)10-14-20/h7-16,21-22H,1-6H3. The molecule has 0 heterocycles. The van der Waals surface area contributed by atoms with E-state index in [0.29, 0.717) is 11.8 Å². The van der Waals surface area contributed by atoms with Crippen LogP contribution in [0.2, 0.25) is 0 Å². The molecule has 2 atom stereocenters. The molecule has 0 saturated heterocycles. The maximum atomic E-state index is 6.63. The van der Waals surface area contributed by atoms with Crippen molar-refractivity contribution in [2.24, 2.45) is 11.8 Å². The van der Waals surface area contributed by atoms with Crippen LogP contribution in [0, 0.1) is 25.7 Å². The highest BCUT2D eigenvalue weighted by Crippen LogP contribution is 2.36. The topological polar surface area (TPSA) is 9.23 Å². The molecule has 1 nitrogen and oxygen atoms in total. The van der Waals surface area contributed by atoms with Crippen molar-refractivity contribution in [2.75, 3.05) is 0 Å². The summed E-state index contributed by atoms with van der Waals surface area (Å²) in [6.45, 7) is 13.2. The maximum absolute atomic E-state index is 6.63. The molecule has 0 saturated carbocycles. The minimum absolute atomic E-state index is 0.115. The Labute approximate surface area is 141 Å². The lowest BCUT2D eigenvalue weighted by molar-refractivity contribution is -0.0610. The highest BCUT2D eigenvalue weighted by Gasteiger charge is 2.24. The van der Waals surface area contributed by atoms with Crippen molar-refractivity contribution in [3.05, 3.63) is 70.8 Å². The van der Waals surface area contributed by atoms with Crippen LogP contribution in [0.25, 0.3) is 0 Å². The van der Waals surface area contributed by atoms with Gasteiger partial charge in [0.05, 0.1) is 12.2 Å². The third-order valence-corrected chi connectivity index (χ3v) is 4.32. The van der Waals surface area contributed by atoms with Crippen molar-refractivity contribution in [3.63, 3.8) is 0 Å². The first kappa shape index (κ1) is 17.7. The van der Waals surface area contributed by atoms with Crippen LogP contribution in [0.1, 0.15) is 62.2 Å². The molecule has 0 amide bonds. The van der Waals surface area contributed by atoms with Gasteiger partial charge in [-0.15, -0.1) is 0 Å². The normalized spacial score (nSPS) is 14.3. The minimum atomic E-state index is 0.115. The van der Waals surface area contributed by atoms with Crippen LogP contribution in [-0.2, 0) is 4.74 Å². The van der Waals surface area contributed by atoms with Gasteiger partial charge in [0.1, 0.15) is 0 Å². The zero-order valence-electron chi connectivity index (χ0n) is 15.3. The van der Waals surface area contributed by atoms with E-state index >= 15 is 0 Å². The van der Waals surface area contributed by atoms with Crippen LogP contribution in [0.4, 0.5) is 0 Å². The Hall–Kier alpha value is -1.60. The van der Waals surface area contributed by atoms with Gasteiger partial charge < -0.3 is 4.74 Å². The lowest BCUT2D eigenvalue weighted by Gasteiger charge is -2.30. The van der Waals surface area contributed by atoms with E-state index in [1.807, 2.05) is 0 Å². The Bertz CT molecular complexity index is 537. The second kappa shape index (κ2) is 7.79. The second-order valence-electron chi connectivity index (χ2n) is 7.29. The Morgan fingerprint density at radius 2 is 0.870 bits per heavy atom. The molecule has 0 aliphatic heterocycles. The van der Waals surface area contributed by atoms with Gasteiger partial charge in [-0.25, -0.2) is 0 Å². The van der Waals surface area contributed by atoms with Crippen LogP contribution in [-0.4, -0.2) is 0 Å². The third-order valence-electron chi connectivity index (χ3n) is 4.32. The van der Waals surface area contributed by atoms with Crippen molar-refractivity contribution in [2.45, 2.75) is 53.8 Å². The minimum Gasteiger partial charge on any atom is -0.365 e. The van der Waals surface area contributed by atoms with Crippen LogP contribution < -0.4 is 0 Å². The largest absolute Gasteiger partial charge is 0.365 e. The molecule has 0 aliphatic carbocycles. The van der Waals surface area contributed by atoms with Crippen LogP contribution in [0.5, 0.6) is 0 Å². The number of hydrogen-bond acceptors (Lipinski definition) is 1. The fourth-order valence-corrected chi connectivity index (χ4v) is 2.91. The molecule has 0 N–H and O–H groups in total. The molecular formula is C22H30O. The summed E-state index contributed by atoms with van der Waals surface area (Å²) < 4.78 is 6.63. The average Bonchev–Trinajstić information content (AvgIpc) is 2.50. The van der Waals surface area contributed by atoms with Crippen LogP contribution in [0.15, 0.2) is 48.5 Å². The molecule has 0 aromatic heterocycles. The smallest absolute Gasteiger partial charge is 0.0856 e.